The van der Waals surface area contributed by atoms with Crippen LogP contribution in [0, 0.1) is 22.7 Å². The summed E-state index contributed by atoms with van der Waals surface area (Å²) in [6.07, 6.45) is 8.43. The smallest absolute Gasteiger partial charge is 0.101 e. The highest BCUT2D eigenvalue weighted by molar-refractivity contribution is 5.77. The molecule has 2 heteroatoms. The SMILES string of the molecule is CCCCCCCc1ccc(-c2ccc(-c3ccc(CC)c(C#N)c3C#N)cc2)cc1. The third-order valence-corrected chi connectivity index (χ3v) is 5.95. The van der Waals surface area contributed by atoms with Crippen molar-refractivity contribution in [2.75, 3.05) is 0 Å². The summed E-state index contributed by atoms with van der Waals surface area (Å²) in [5.74, 6) is 0. The topological polar surface area (TPSA) is 47.6 Å². The van der Waals surface area contributed by atoms with E-state index < -0.39 is 0 Å². The third-order valence-electron chi connectivity index (χ3n) is 5.95. The zero-order valence-electron chi connectivity index (χ0n) is 18.6. The van der Waals surface area contributed by atoms with E-state index in [1.165, 1.54) is 43.2 Å². The molecule has 3 rings (SSSR count). The minimum atomic E-state index is 0.470. The second-order valence-corrected chi connectivity index (χ2v) is 8.04. The Balaban J connectivity index is 1.75. The molecule has 0 aliphatic carbocycles. The zero-order valence-corrected chi connectivity index (χ0v) is 18.6. The van der Waals surface area contributed by atoms with Gasteiger partial charge in [-0.2, -0.15) is 10.5 Å². The Bertz CT molecular complexity index is 1080. The van der Waals surface area contributed by atoms with Crippen LogP contribution < -0.4 is 0 Å². The molecule has 0 bridgehead atoms. The zero-order chi connectivity index (χ0) is 22.1. The number of nitriles is 2. The molecule has 0 aliphatic heterocycles. The first-order valence-electron chi connectivity index (χ1n) is 11.4. The summed E-state index contributed by atoms with van der Waals surface area (Å²) in [7, 11) is 0. The van der Waals surface area contributed by atoms with Gasteiger partial charge in [-0.1, -0.05) is 100 Å². The molecule has 0 saturated heterocycles. The van der Waals surface area contributed by atoms with Crippen LogP contribution in [0.1, 0.15) is 68.2 Å². The van der Waals surface area contributed by atoms with Crippen LogP contribution in [0.25, 0.3) is 22.3 Å². The van der Waals surface area contributed by atoms with Crippen LogP contribution in [0.3, 0.4) is 0 Å². The average Bonchev–Trinajstić information content (AvgIpc) is 2.83. The van der Waals surface area contributed by atoms with E-state index in [0.717, 1.165) is 35.1 Å². The lowest BCUT2D eigenvalue weighted by Crippen LogP contribution is -1.96. The van der Waals surface area contributed by atoms with E-state index in [2.05, 4.69) is 55.5 Å². The summed E-state index contributed by atoms with van der Waals surface area (Å²) < 4.78 is 0. The molecule has 156 valence electrons. The maximum atomic E-state index is 9.67. The molecule has 0 unspecified atom stereocenters. The molecule has 0 aliphatic rings. The average molecular weight is 407 g/mol. The maximum absolute atomic E-state index is 9.67. The molecular formula is C29H30N2. The lowest BCUT2D eigenvalue weighted by Gasteiger charge is -2.10. The molecule has 0 fully saturated rings. The normalized spacial score (nSPS) is 10.5. The summed E-state index contributed by atoms with van der Waals surface area (Å²) >= 11 is 0. The van der Waals surface area contributed by atoms with Gasteiger partial charge in [0.05, 0.1) is 11.1 Å². The summed E-state index contributed by atoms with van der Waals surface area (Å²) in [5.41, 5.74) is 7.42. The first-order valence-corrected chi connectivity index (χ1v) is 11.4. The van der Waals surface area contributed by atoms with Gasteiger partial charge in [0.15, 0.2) is 0 Å². The number of hydrogen-bond acceptors (Lipinski definition) is 2. The third kappa shape index (κ3) is 5.42. The van der Waals surface area contributed by atoms with Crippen LogP contribution in [0.5, 0.6) is 0 Å². The number of hydrogen-bond donors (Lipinski definition) is 0. The lowest BCUT2D eigenvalue weighted by atomic mass is 9.91. The van der Waals surface area contributed by atoms with E-state index in [1.54, 1.807) is 0 Å². The molecule has 3 aromatic rings. The van der Waals surface area contributed by atoms with Crippen molar-refractivity contribution in [1.29, 1.82) is 10.5 Å². The van der Waals surface area contributed by atoms with Gasteiger partial charge < -0.3 is 0 Å². The molecule has 3 aromatic carbocycles. The van der Waals surface area contributed by atoms with Crippen molar-refractivity contribution in [2.45, 2.75) is 58.8 Å². The van der Waals surface area contributed by atoms with Crippen LogP contribution in [0.15, 0.2) is 60.7 Å². The Kier molecular flexibility index (Phi) is 8.03. The molecule has 0 heterocycles. The summed E-state index contributed by atoms with van der Waals surface area (Å²) in [6, 6.07) is 25.5. The first kappa shape index (κ1) is 22.3. The molecule has 0 radical (unpaired) electrons. The first-order chi connectivity index (χ1) is 15.2. The Labute approximate surface area is 186 Å². The van der Waals surface area contributed by atoms with Gasteiger partial charge in [-0.05, 0) is 47.1 Å². The summed E-state index contributed by atoms with van der Waals surface area (Å²) in [4.78, 5) is 0. The van der Waals surface area contributed by atoms with E-state index in [4.69, 9.17) is 0 Å². The fourth-order valence-electron chi connectivity index (χ4n) is 4.06. The number of rotatable bonds is 9. The lowest BCUT2D eigenvalue weighted by molar-refractivity contribution is 0.632. The second-order valence-electron chi connectivity index (χ2n) is 8.04. The van der Waals surface area contributed by atoms with E-state index >= 15 is 0 Å². The summed E-state index contributed by atoms with van der Waals surface area (Å²) in [5, 5.41) is 19.2. The quantitative estimate of drug-likeness (QED) is 0.340. The number of nitrogens with zero attached hydrogens (tertiary/aromatic N) is 2. The largest absolute Gasteiger partial charge is 0.192 e. The van der Waals surface area contributed by atoms with Gasteiger partial charge in [0.25, 0.3) is 0 Å². The fourth-order valence-corrected chi connectivity index (χ4v) is 4.06. The Morgan fingerprint density at radius 1 is 0.613 bits per heavy atom. The molecular weight excluding hydrogens is 376 g/mol. The van der Waals surface area contributed by atoms with Gasteiger partial charge in [-0.25, -0.2) is 0 Å². The van der Waals surface area contributed by atoms with Crippen molar-refractivity contribution in [3.8, 4) is 34.4 Å². The minimum absolute atomic E-state index is 0.470. The van der Waals surface area contributed by atoms with Crippen LogP contribution in [0.2, 0.25) is 0 Å². The Morgan fingerprint density at radius 2 is 1.19 bits per heavy atom. The Morgan fingerprint density at radius 3 is 1.77 bits per heavy atom. The maximum Gasteiger partial charge on any atom is 0.101 e. The highest BCUT2D eigenvalue weighted by Gasteiger charge is 2.13. The van der Waals surface area contributed by atoms with E-state index in [0.29, 0.717) is 11.1 Å². The number of benzene rings is 3. The van der Waals surface area contributed by atoms with Gasteiger partial charge in [0.2, 0.25) is 0 Å². The minimum Gasteiger partial charge on any atom is -0.192 e. The van der Waals surface area contributed by atoms with Crippen molar-refractivity contribution < 1.29 is 0 Å². The summed E-state index contributed by atoms with van der Waals surface area (Å²) in [6.45, 7) is 4.25. The van der Waals surface area contributed by atoms with Crippen molar-refractivity contribution in [1.82, 2.24) is 0 Å². The van der Waals surface area contributed by atoms with Gasteiger partial charge in [0, 0.05) is 5.56 Å². The van der Waals surface area contributed by atoms with Crippen LogP contribution in [-0.4, -0.2) is 0 Å². The van der Waals surface area contributed by atoms with Crippen LogP contribution in [-0.2, 0) is 12.8 Å². The molecule has 0 saturated carbocycles. The molecule has 0 N–H and O–H groups in total. The van der Waals surface area contributed by atoms with Crippen molar-refractivity contribution in [3.05, 3.63) is 82.9 Å². The van der Waals surface area contributed by atoms with E-state index in [-0.39, 0.29) is 0 Å². The molecule has 0 aromatic heterocycles. The highest BCUT2D eigenvalue weighted by Crippen LogP contribution is 2.30. The monoisotopic (exact) mass is 406 g/mol. The van der Waals surface area contributed by atoms with Crippen LogP contribution >= 0.6 is 0 Å². The van der Waals surface area contributed by atoms with Gasteiger partial charge in [-0.15, -0.1) is 0 Å². The van der Waals surface area contributed by atoms with Gasteiger partial charge in [-0.3, -0.25) is 0 Å². The number of unbranched alkanes of at least 4 members (excludes halogenated alkanes) is 4. The van der Waals surface area contributed by atoms with Crippen molar-refractivity contribution in [2.24, 2.45) is 0 Å². The van der Waals surface area contributed by atoms with Gasteiger partial charge in [0.1, 0.15) is 12.1 Å². The predicted octanol–water partition coefficient (Wildman–Crippen LogP) is 7.84. The predicted molar refractivity (Wildman–Crippen MR) is 129 cm³/mol. The molecule has 0 atom stereocenters. The number of aryl methyl sites for hydroxylation is 2. The van der Waals surface area contributed by atoms with Gasteiger partial charge >= 0.3 is 0 Å². The molecule has 0 spiro atoms. The standard InChI is InChI=1S/C29H30N2/c1-3-5-6-7-8-9-22-10-12-24(13-11-22)25-14-16-26(17-15-25)27-19-18-23(4-2)28(20-30)29(27)21-31/h10-19H,3-9H2,1-2H3. The fraction of sp³-hybridized carbons (Fsp3) is 0.310. The van der Waals surface area contributed by atoms with Crippen molar-refractivity contribution in [3.63, 3.8) is 0 Å². The molecule has 31 heavy (non-hydrogen) atoms. The Hall–Kier alpha value is -3.36. The van der Waals surface area contributed by atoms with Crippen LogP contribution in [0.4, 0.5) is 0 Å². The second kappa shape index (κ2) is 11.1. The highest BCUT2D eigenvalue weighted by atomic mass is 14.3. The van der Waals surface area contributed by atoms with E-state index in [9.17, 15) is 10.5 Å². The molecule has 0 amide bonds. The van der Waals surface area contributed by atoms with Crippen molar-refractivity contribution >= 4 is 0 Å². The van der Waals surface area contributed by atoms with E-state index in [1.807, 2.05) is 31.2 Å². The molecule has 2 nitrogen and oxygen atoms in total.